The Hall–Kier alpha value is -2.82. The predicted molar refractivity (Wildman–Crippen MR) is 129 cm³/mol. The SMILES string of the molecule is CCc1cccc2c([C@@H](CC(=O)NCc3ccc(F)cc3)c3ccc(Cl)c(Cl)c3)c[nH]c12. The standard InChI is InChI=1S/C26H23Cl2FN2O/c1-2-17-4-3-5-20-22(15-31-26(17)20)21(18-8-11-23(27)24(28)12-18)13-25(32)30-14-16-6-9-19(29)10-7-16/h3-12,15,21,31H,2,13-14H2,1H3,(H,30,32)/t21-/m0/s1. The zero-order chi connectivity index (χ0) is 22.7. The van der Waals surface area contributed by atoms with Gasteiger partial charge in [-0.25, -0.2) is 4.39 Å². The van der Waals surface area contributed by atoms with Crippen molar-refractivity contribution >= 4 is 40.0 Å². The second-order valence-electron chi connectivity index (χ2n) is 7.77. The number of rotatable bonds is 7. The Balaban J connectivity index is 1.64. The summed E-state index contributed by atoms with van der Waals surface area (Å²) in [5, 5.41) is 4.96. The largest absolute Gasteiger partial charge is 0.361 e. The van der Waals surface area contributed by atoms with E-state index in [1.165, 1.54) is 17.7 Å². The maximum Gasteiger partial charge on any atom is 0.221 e. The van der Waals surface area contributed by atoms with E-state index < -0.39 is 0 Å². The number of hydrogen-bond donors (Lipinski definition) is 2. The molecule has 4 aromatic rings. The van der Waals surface area contributed by atoms with Crippen LogP contribution in [-0.2, 0) is 17.8 Å². The van der Waals surface area contributed by atoms with Crippen LogP contribution in [0.25, 0.3) is 10.9 Å². The van der Waals surface area contributed by atoms with Crippen LogP contribution in [0.5, 0.6) is 0 Å². The molecule has 4 rings (SSSR count). The lowest BCUT2D eigenvalue weighted by atomic mass is 9.87. The van der Waals surface area contributed by atoms with Crippen LogP contribution in [0.3, 0.4) is 0 Å². The minimum Gasteiger partial charge on any atom is -0.361 e. The maximum absolute atomic E-state index is 13.1. The number of aromatic nitrogens is 1. The van der Waals surface area contributed by atoms with Gasteiger partial charge in [-0.15, -0.1) is 0 Å². The molecule has 2 N–H and O–H groups in total. The first-order valence-electron chi connectivity index (χ1n) is 10.5. The summed E-state index contributed by atoms with van der Waals surface area (Å²) >= 11 is 12.4. The first-order valence-corrected chi connectivity index (χ1v) is 11.3. The van der Waals surface area contributed by atoms with E-state index in [1.54, 1.807) is 18.2 Å². The lowest BCUT2D eigenvalue weighted by molar-refractivity contribution is -0.121. The third kappa shape index (κ3) is 4.82. The number of H-pyrrole nitrogens is 1. The number of aromatic amines is 1. The fourth-order valence-electron chi connectivity index (χ4n) is 4.02. The van der Waals surface area contributed by atoms with Gasteiger partial charge in [-0.3, -0.25) is 4.79 Å². The van der Waals surface area contributed by atoms with Crippen molar-refractivity contribution in [3.05, 3.63) is 105 Å². The van der Waals surface area contributed by atoms with Gasteiger partial charge < -0.3 is 10.3 Å². The van der Waals surface area contributed by atoms with E-state index in [2.05, 4.69) is 29.4 Å². The Morgan fingerprint density at radius 1 is 1.06 bits per heavy atom. The Bertz CT molecular complexity index is 1250. The normalized spacial score (nSPS) is 12.1. The third-order valence-electron chi connectivity index (χ3n) is 5.73. The number of carbonyl (C=O) groups excluding carboxylic acids is 1. The molecular formula is C26H23Cl2FN2O. The summed E-state index contributed by atoms with van der Waals surface area (Å²) in [5.74, 6) is -0.615. The van der Waals surface area contributed by atoms with Crippen LogP contribution in [0.2, 0.25) is 10.0 Å². The Kier molecular flexibility index (Phi) is 6.83. The molecule has 0 fully saturated rings. The van der Waals surface area contributed by atoms with Crippen molar-refractivity contribution in [2.24, 2.45) is 0 Å². The van der Waals surface area contributed by atoms with Gasteiger partial charge in [0.1, 0.15) is 5.82 Å². The van der Waals surface area contributed by atoms with Crippen molar-refractivity contribution in [3.63, 3.8) is 0 Å². The second kappa shape index (κ2) is 9.76. The molecule has 32 heavy (non-hydrogen) atoms. The fraction of sp³-hybridized carbons (Fsp3) is 0.192. The average Bonchev–Trinajstić information content (AvgIpc) is 3.23. The summed E-state index contributed by atoms with van der Waals surface area (Å²) < 4.78 is 13.1. The minimum atomic E-state index is -0.300. The first-order chi connectivity index (χ1) is 15.5. The van der Waals surface area contributed by atoms with Crippen LogP contribution >= 0.6 is 23.2 Å². The van der Waals surface area contributed by atoms with Gasteiger partial charge in [-0.1, -0.05) is 66.5 Å². The quantitative estimate of drug-likeness (QED) is 0.300. The number of hydrogen-bond acceptors (Lipinski definition) is 1. The van der Waals surface area contributed by atoms with E-state index in [0.29, 0.717) is 16.6 Å². The molecule has 0 unspecified atom stereocenters. The van der Waals surface area contributed by atoms with Gasteiger partial charge in [-0.2, -0.15) is 0 Å². The Morgan fingerprint density at radius 3 is 2.56 bits per heavy atom. The highest BCUT2D eigenvalue weighted by Crippen LogP contribution is 2.36. The van der Waals surface area contributed by atoms with Crippen LogP contribution in [-0.4, -0.2) is 10.9 Å². The van der Waals surface area contributed by atoms with Crippen LogP contribution in [0.4, 0.5) is 4.39 Å². The maximum atomic E-state index is 13.1. The van der Waals surface area contributed by atoms with Gasteiger partial charge in [0, 0.05) is 36.0 Å². The number of benzene rings is 3. The van der Waals surface area contributed by atoms with E-state index in [0.717, 1.165) is 34.0 Å². The minimum absolute atomic E-state index is 0.105. The second-order valence-corrected chi connectivity index (χ2v) is 8.59. The molecule has 1 amide bonds. The van der Waals surface area contributed by atoms with Gasteiger partial charge in [0.15, 0.2) is 0 Å². The van der Waals surface area contributed by atoms with Crippen molar-refractivity contribution in [1.29, 1.82) is 0 Å². The summed E-state index contributed by atoms with van der Waals surface area (Å²) in [5.41, 5.74) is 5.10. The van der Waals surface area contributed by atoms with Crippen LogP contribution in [0.1, 0.15) is 41.5 Å². The van der Waals surface area contributed by atoms with Gasteiger partial charge in [-0.05, 0) is 52.9 Å². The molecule has 1 heterocycles. The molecule has 0 aliphatic heterocycles. The summed E-state index contributed by atoms with van der Waals surface area (Å²) in [6.07, 6.45) is 3.12. The zero-order valence-corrected chi connectivity index (χ0v) is 19.1. The monoisotopic (exact) mass is 468 g/mol. The molecule has 164 valence electrons. The van der Waals surface area contributed by atoms with Crippen LogP contribution in [0.15, 0.2) is 66.9 Å². The summed E-state index contributed by atoms with van der Waals surface area (Å²) in [7, 11) is 0. The molecule has 1 atom stereocenters. The molecule has 0 spiro atoms. The molecule has 0 aliphatic rings. The van der Waals surface area contributed by atoms with E-state index in [4.69, 9.17) is 23.2 Å². The van der Waals surface area contributed by atoms with Crippen LogP contribution < -0.4 is 5.32 Å². The number of amides is 1. The number of fused-ring (bicyclic) bond motifs is 1. The molecule has 6 heteroatoms. The number of para-hydroxylation sites is 1. The smallest absolute Gasteiger partial charge is 0.221 e. The van der Waals surface area contributed by atoms with Gasteiger partial charge >= 0.3 is 0 Å². The fourth-order valence-corrected chi connectivity index (χ4v) is 4.33. The first kappa shape index (κ1) is 22.4. The number of nitrogens with one attached hydrogen (secondary N) is 2. The van der Waals surface area contributed by atoms with Crippen molar-refractivity contribution in [2.75, 3.05) is 0 Å². The van der Waals surface area contributed by atoms with Gasteiger partial charge in [0.2, 0.25) is 5.91 Å². The Labute approximate surface area is 196 Å². The number of halogens is 3. The molecule has 0 radical (unpaired) electrons. The third-order valence-corrected chi connectivity index (χ3v) is 6.47. The topological polar surface area (TPSA) is 44.9 Å². The molecule has 3 aromatic carbocycles. The molecule has 1 aromatic heterocycles. The highest BCUT2D eigenvalue weighted by Gasteiger charge is 2.23. The predicted octanol–water partition coefficient (Wildman–Crippen LogP) is 7.01. The lowest BCUT2D eigenvalue weighted by Crippen LogP contribution is -2.25. The van der Waals surface area contributed by atoms with E-state index >= 15 is 0 Å². The summed E-state index contributed by atoms with van der Waals surface area (Å²) in [6.45, 7) is 2.45. The molecule has 0 bridgehead atoms. The van der Waals surface area contributed by atoms with E-state index in [1.807, 2.05) is 24.4 Å². The molecule has 0 saturated carbocycles. The summed E-state index contributed by atoms with van der Waals surface area (Å²) in [4.78, 5) is 16.3. The van der Waals surface area contributed by atoms with Crippen molar-refractivity contribution in [3.8, 4) is 0 Å². The summed E-state index contributed by atoms with van der Waals surface area (Å²) in [6, 6.07) is 17.8. The highest BCUT2D eigenvalue weighted by molar-refractivity contribution is 6.42. The molecule has 0 saturated heterocycles. The van der Waals surface area contributed by atoms with Gasteiger partial charge in [0.05, 0.1) is 10.0 Å². The van der Waals surface area contributed by atoms with Gasteiger partial charge in [0.25, 0.3) is 0 Å². The van der Waals surface area contributed by atoms with Crippen LogP contribution in [0, 0.1) is 5.82 Å². The molecular weight excluding hydrogens is 446 g/mol. The highest BCUT2D eigenvalue weighted by atomic mass is 35.5. The Morgan fingerprint density at radius 2 is 1.84 bits per heavy atom. The number of carbonyl (C=O) groups is 1. The van der Waals surface area contributed by atoms with Crippen molar-refractivity contribution in [2.45, 2.75) is 32.2 Å². The van der Waals surface area contributed by atoms with Crippen molar-refractivity contribution in [1.82, 2.24) is 10.3 Å². The lowest BCUT2D eigenvalue weighted by Gasteiger charge is -2.18. The zero-order valence-electron chi connectivity index (χ0n) is 17.6. The van der Waals surface area contributed by atoms with Crippen molar-refractivity contribution < 1.29 is 9.18 Å². The average molecular weight is 469 g/mol. The van der Waals surface area contributed by atoms with E-state index in [9.17, 15) is 9.18 Å². The molecule has 0 aliphatic carbocycles. The van der Waals surface area contributed by atoms with E-state index in [-0.39, 0.29) is 24.1 Å². The number of aryl methyl sites for hydroxylation is 1. The molecule has 3 nitrogen and oxygen atoms in total.